The van der Waals surface area contributed by atoms with Crippen molar-refractivity contribution in [2.75, 3.05) is 6.79 Å². The van der Waals surface area contributed by atoms with Crippen LogP contribution >= 0.6 is 0 Å². The number of rotatable bonds is 8. The Balaban J connectivity index is 2.09. The molecule has 0 fully saturated rings. The zero-order valence-corrected chi connectivity index (χ0v) is 9.82. The Morgan fingerprint density at radius 1 is 1.31 bits per heavy atom. The molecule has 0 N–H and O–H groups in total. The summed E-state index contributed by atoms with van der Waals surface area (Å²) >= 11 is 0. The second-order valence-corrected chi connectivity index (χ2v) is 3.56. The van der Waals surface area contributed by atoms with Crippen LogP contribution in [0.1, 0.15) is 33.1 Å². The van der Waals surface area contributed by atoms with Crippen LogP contribution in [0.25, 0.3) is 0 Å². The Morgan fingerprint density at radius 2 is 2.12 bits per heavy atom. The SMILES string of the molecule is [2H]/C(=C/CCCC)OCOCc1ccccc1. The van der Waals surface area contributed by atoms with Gasteiger partial charge >= 0.3 is 0 Å². The largest absolute Gasteiger partial charge is 0.475 e. The van der Waals surface area contributed by atoms with Crippen LogP contribution in [0.2, 0.25) is 0 Å². The van der Waals surface area contributed by atoms with Gasteiger partial charge in [0.25, 0.3) is 0 Å². The topological polar surface area (TPSA) is 18.5 Å². The summed E-state index contributed by atoms with van der Waals surface area (Å²) in [5.74, 6) is 0. The van der Waals surface area contributed by atoms with E-state index in [-0.39, 0.29) is 13.0 Å². The molecule has 0 bridgehead atoms. The molecule has 0 saturated heterocycles. The monoisotopic (exact) mass is 221 g/mol. The molecule has 2 nitrogen and oxygen atoms in total. The van der Waals surface area contributed by atoms with E-state index in [1.807, 2.05) is 30.3 Å². The minimum absolute atomic E-state index is 0.135. The Morgan fingerprint density at radius 3 is 2.88 bits per heavy atom. The lowest BCUT2D eigenvalue weighted by Gasteiger charge is -2.03. The Labute approximate surface area is 99.3 Å². The number of hydrogen-bond donors (Lipinski definition) is 0. The van der Waals surface area contributed by atoms with Crippen molar-refractivity contribution in [1.82, 2.24) is 0 Å². The molecule has 0 saturated carbocycles. The second kappa shape index (κ2) is 8.98. The molecule has 0 unspecified atom stereocenters. The molecule has 0 heterocycles. The summed E-state index contributed by atoms with van der Waals surface area (Å²) in [7, 11) is 0. The maximum Gasteiger partial charge on any atom is 0.188 e. The van der Waals surface area contributed by atoms with Crippen molar-refractivity contribution in [2.45, 2.75) is 32.8 Å². The molecule has 0 aromatic heterocycles. The first-order chi connectivity index (χ1) is 8.33. The summed E-state index contributed by atoms with van der Waals surface area (Å²) in [6.45, 7) is 2.78. The summed E-state index contributed by atoms with van der Waals surface area (Å²) in [5, 5.41) is 0. The van der Waals surface area contributed by atoms with Crippen LogP contribution in [0.3, 0.4) is 0 Å². The van der Waals surface area contributed by atoms with Crippen molar-refractivity contribution in [1.29, 1.82) is 0 Å². The van der Waals surface area contributed by atoms with Crippen LogP contribution in [-0.4, -0.2) is 6.79 Å². The van der Waals surface area contributed by atoms with Gasteiger partial charge in [0.1, 0.15) is 1.37 Å². The molecule has 1 aromatic carbocycles. The van der Waals surface area contributed by atoms with E-state index >= 15 is 0 Å². The summed E-state index contributed by atoms with van der Waals surface area (Å²) in [6, 6.07) is 9.91. The fraction of sp³-hybridized carbons (Fsp3) is 0.429. The minimum Gasteiger partial charge on any atom is -0.475 e. The zero-order valence-electron chi connectivity index (χ0n) is 10.8. The smallest absolute Gasteiger partial charge is 0.188 e. The van der Waals surface area contributed by atoms with Crippen molar-refractivity contribution < 1.29 is 10.8 Å². The third-order valence-corrected chi connectivity index (χ3v) is 2.12. The van der Waals surface area contributed by atoms with Gasteiger partial charge in [-0.05, 0) is 24.5 Å². The van der Waals surface area contributed by atoms with Crippen LogP contribution in [-0.2, 0) is 16.1 Å². The maximum absolute atomic E-state index is 7.49. The van der Waals surface area contributed by atoms with Crippen LogP contribution in [0, 0.1) is 0 Å². The van der Waals surface area contributed by atoms with Crippen molar-refractivity contribution in [3.05, 3.63) is 48.2 Å². The number of unbranched alkanes of at least 4 members (excludes halogenated alkanes) is 2. The van der Waals surface area contributed by atoms with E-state index < -0.39 is 0 Å². The van der Waals surface area contributed by atoms with Gasteiger partial charge in [-0.3, -0.25) is 0 Å². The van der Waals surface area contributed by atoms with Gasteiger partial charge < -0.3 is 9.47 Å². The van der Waals surface area contributed by atoms with Crippen LogP contribution < -0.4 is 0 Å². The molecule has 0 radical (unpaired) electrons. The van der Waals surface area contributed by atoms with E-state index in [0.717, 1.165) is 24.8 Å². The van der Waals surface area contributed by atoms with Crippen molar-refractivity contribution >= 4 is 0 Å². The molecule has 2 heteroatoms. The normalized spacial score (nSPS) is 12.3. The molecule has 16 heavy (non-hydrogen) atoms. The third-order valence-electron chi connectivity index (χ3n) is 2.12. The Bertz CT molecular complexity index is 322. The van der Waals surface area contributed by atoms with Crippen molar-refractivity contribution in [2.24, 2.45) is 0 Å². The van der Waals surface area contributed by atoms with Gasteiger partial charge in [-0.1, -0.05) is 43.7 Å². The molecule has 0 aliphatic carbocycles. The Hall–Kier alpha value is -1.28. The molecule has 0 aliphatic heterocycles. The summed E-state index contributed by atoms with van der Waals surface area (Å²) in [6.07, 6.45) is 5.11. The van der Waals surface area contributed by atoms with Gasteiger partial charge in [0.2, 0.25) is 0 Å². The predicted octanol–water partition coefficient (Wildman–Crippen LogP) is 3.88. The first-order valence-corrected chi connectivity index (χ1v) is 5.74. The summed E-state index contributed by atoms with van der Waals surface area (Å²) in [5.41, 5.74) is 1.11. The lowest BCUT2D eigenvalue weighted by molar-refractivity contribution is -0.0208. The predicted molar refractivity (Wildman–Crippen MR) is 65.8 cm³/mol. The highest BCUT2D eigenvalue weighted by Gasteiger charge is 1.89. The Kier molecular flexibility index (Phi) is 6.30. The highest BCUT2D eigenvalue weighted by atomic mass is 16.7. The van der Waals surface area contributed by atoms with E-state index in [2.05, 4.69) is 6.92 Å². The molecule has 88 valence electrons. The number of allylic oxidation sites excluding steroid dienone is 1. The molecular weight excluding hydrogens is 200 g/mol. The van der Waals surface area contributed by atoms with Gasteiger partial charge in [-0.2, -0.15) is 0 Å². The lowest BCUT2D eigenvalue weighted by atomic mass is 10.2. The number of hydrogen-bond acceptors (Lipinski definition) is 2. The molecule has 0 aliphatic rings. The van der Waals surface area contributed by atoms with E-state index in [4.69, 9.17) is 10.8 Å². The fourth-order valence-electron chi connectivity index (χ4n) is 1.23. The maximum atomic E-state index is 7.49. The van der Waals surface area contributed by atoms with E-state index in [0.29, 0.717) is 6.61 Å². The van der Waals surface area contributed by atoms with Crippen LogP contribution in [0.15, 0.2) is 42.6 Å². The zero-order chi connectivity index (χ0) is 12.3. The third kappa shape index (κ3) is 6.25. The highest BCUT2D eigenvalue weighted by molar-refractivity contribution is 5.13. The average molecular weight is 221 g/mol. The molecule has 1 rings (SSSR count). The first-order valence-electron chi connectivity index (χ1n) is 6.24. The van der Waals surface area contributed by atoms with Crippen molar-refractivity contribution in [3.8, 4) is 0 Å². The molecular formula is C14H20O2. The summed E-state index contributed by atoms with van der Waals surface area (Å²) in [4.78, 5) is 0. The standard InChI is InChI=1S/C14H20O2/c1-2-3-4-8-11-15-13-16-12-14-9-6-5-7-10-14/h5-11H,2-4,12-13H2,1H3/b11-8-/i11D. The quantitative estimate of drug-likeness (QED) is 0.377. The number of benzene rings is 1. The molecule has 1 aromatic rings. The van der Waals surface area contributed by atoms with Gasteiger partial charge in [0.15, 0.2) is 6.79 Å². The van der Waals surface area contributed by atoms with Crippen molar-refractivity contribution in [3.63, 3.8) is 0 Å². The average Bonchev–Trinajstić information content (AvgIpc) is 2.36. The summed E-state index contributed by atoms with van der Waals surface area (Å²) < 4.78 is 17.9. The molecule has 0 amide bonds. The van der Waals surface area contributed by atoms with Crippen LogP contribution in [0.4, 0.5) is 0 Å². The second-order valence-electron chi connectivity index (χ2n) is 3.56. The first kappa shape index (κ1) is 11.2. The lowest BCUT2D eigenvalue weighted by Crippen LogP contribution is -1.96. The molecule has 0 spiro atoms. The van der Waals surface area contributed by atoms with Crippen LogP contribution in [0.5, 0.6) is 0 Å². The molecule has 0 atom stereocenters. The van der Waals surface area contributed by atoms with E-state index in [9.17, 15) is 0 Å². The number of ether oxygens (including phenoxy) is 2. The fourth-order valence-corrected chi connectivity index (χ4v) is 1.23. The van der Waals surface area contributed by atoms with Gasteiger partial charge in [0.05, 0.1) is 12.8 Å². The van der Waals surface area contributed by atoms with Gasteiger partial charge in [0, 0.05) is 0 Å². The highest BCUT2D eigenvalue weighted by Crippen LogP contribution is 2.00. The van der Waals surface area contributed by atoms with Gasteiger partial charge in [-0.15, -0.1) is 0 Å². The minimum atomic E-state index is 0.135. The van der Waals surface area contributed by atoms with Gasteiger partial charge in [-0.25, -0.2) is 0 Å². The van der Waals surface area contributed by atoms with E-state index in [1.165, 1.54) is 0 Å². The van der Waals surface area contributed by atoms with E-state index in [1.54, 1.807) is 6.08 Å².